The van der Waals surface area contributed by atoms with E-state index < -0.39 is 27.5 Å². The summed E-state index contributed by atoms with van der Waals surface area (Å²) in [7, 11) is 0. The Hall–Kier alpha value is -2.65. The molecule has 2 aromatic rings. The summed E-state index contributed by atoms with van der Waals surface area (Å²) in [5, 5.41) is 20.4. The minimum atomic E-state index is -0.716. The third-order valence-corrected chi connectivity index (χ3v) is 5.09. The number of rotatable bonds is 4. The predicted molar refractivity (Wildman–Crippen MR) is 100 cm³/mol. The van der Waals surface area contributed by atoms with Crippen LogP contribution in [0.1, 0.15) is 11.1 Å². The quantitative estimate of drug-likeness (QED) is 0.437. The second kappa shape index (κ2) is 7.30. The van der Waals surface area contributed by atoms with Crippen molar-refractivity contribution in [1.82, 2.24) is 4.90 Å². The van der Waals surface area contributed by atoms with E-state index in [1.165, 1.54) is 18.2 Å². The number of carbonyl (C=O) groups is 2. The van der Waals surface area contributed by atoms with Gasteiger partial charge in [0, 0.05) is 16.1 Å². The van der Waals surface area contributed by atoms with Gasteiger partial charge in [-0.2, -0.15) is 0 Å². The van der Waals surface area contributed by atoms with Crippen LogP contribution in [0.25, 0.3) is 6.08 Å². The van der Waals surface area contributed by atoms with Gasteiger partial charge in [0.25, 0.3) is 11.1 Å². The van der Waals surface area contributed by atoms with E-state index in [1.54, 1.807) is 12.1 Å². The second-order valence-electron chi connectivity index (χ2n) is 5.37. The number of thioether (sulfide) groups is 1. The first-order valence-corrected chi connectivity index (χ1v) is 8.94. The summed E-state index contributed by atoms with van der Waals surface area (Å²) in [6.45, 7) is 0.121. The first-order chi connectivity index (χ1) is 12.4. The number of nitro benzene ring substituents is 1. The Kier molecular flexibility index (Phi) is 5.10. The third kappa shape index (κ3) is 3.63. The number of hydrogen-bond donors (Lipinski definition) is 1. The SMILES string of the molecule is O=C1S/C(=C\c2cccc([N+](=O)[O-])c2O)C(=O)N1Cc1ccc(Br)cc1. The van der Waals surface area contributed by atoms with Crippen LogP contribution in [0, 0.1) is 10.1 Å². The van der Waals surface area contributed by atoms with Crippen LogP contribution in [0.5, 0.6) is 5.75 Å². The maximum Gasteiger partial charge on any atom is 0.311 e. The molecule has 1 N–H and O–H groups in total. The Morgan fingerprint density at radius 1 is 1.19 bits per heavy atom. The van der Waals surface area contributed by atoms with E-state index in [0.717, 1.165) is 32.8 Å². The zero-order valence-electron chi connectivity index (χ0n) is 13.1. The Morgan fingerprint density at radius 3 is 2.54 bits per heavy atom. The van der Waals surface area contributed by atoms with Gasteiger partial charge >= 0.3 is 5.69 Å². The Balaban J connectivity index is 1.87. The van der Waals surface area contributed by atoms with Crippen molar-refractivity contribution in [3.05, 3.63) is 73.1 Å². The fourth-order valence-corrected chi connectivity index (χ4v) is 3.46. The predicted octanol–water partition coefficient (Wildman–Crippen LogP) is 4.30. The molecule has 0 radical (unpaired) electrons. The molecule has 1 fully saturated rings. The van der Waals surface area contributed by atoms with Crippen LogP contribution < -0.4 is 0 Å². The largest absolute Gasteiger partial charge is 0.502 e. The highest BCUT2D eigenvalue weighted by atomic mass is 79.9. The summed E-state index contributed by atoms with van der Waals surface area (Å²) in [5.41, 5.74) is 0.427. The first-order valence-electron chi connectivity index (χ1n) is 7.33. The molecular formula is C17H11BrN2O5S. The average Bonchev–Trinajstić information content (AvgIpc) is 2.86. The molecule has 0 spiro atoms. The molecule has 2 amide bonds. The lowest BCUT2D eigenvalue weighted by atomic mass is 10.1. The van der Waals surface area contributed by atoms with Gasteiger partial charge in [-0.3, -0.25) is 24.6 Å². The van der Waals surface area contributed by atoms with E-state index in [4.69, 9.17) is 0 Å². The number of nitrogens with zero attached hydrogens (tertiary/aromatic N) is 2. The standard InChI is InChI=1S/C17H11BrN2O5S/c18-12-6-4-10(5-7-12)9-19-16(22)14(26-17(19)23)8-11-2-1-3-13(15(11)21)20(24)25/h1-8,21H,9H2/b14-8-. The molecule has 9 heteroatoms. The lowest BCUT2D eigenvalue weighted by molar-refractivity contribution is -0.385. The molecule has 132 valence electrons. The molecule has 0 bridgehead atoms. The number of halogens is 1. The summed E-state index contributed by atoms with van der Waals surface area (Å²) >= 11 is 4.05. The van der Waals surface area contributed by atoms with Crippen LogP contribution in [0.15, 0.2) is 51.8 Å². The summed E-state index contributed by atoms with van der Waals surface area (Å²) in [6, 6.07) is 11.2. The van der Waals surface area contributed by atoms with Crippen LogP contribution in [-0.2, 0) is 11.3 Å². The third-order valence-electron chi connectivity index (χ3n) is 3.66. The molecule has 1 aliphatic rings. The van der Waals surface area contributed by atoms with Gasteiger partial charge in [0.1, 0.15) is 0 Å². The number of amides is 2. The van der Waals surface area contributed by atoms with Crippen LogP contribution >= 0.6 is 27.7 Å². The number of phenols is 1. The highest BCUT2D eigenvalue weighted by Crippen LogP contribution is 2.37. The molecule has 1 saturated heterocycles. The number of para-hydroxylation sites is 1. The summed E-state index contributed by atoms with van der Waals surface area (Å²) in [4.78, 5) is 36.0. The Bertz CT molecular complexity index is 943. The van der Waals surface area contributed by atoms with Gasteiger partial charge in [0.15, 0.2) is 0 Å². The van der Waals surface area contributed by atoms with Crippen molar-refractivity contribution < 1.29 is 19.6 Å². The second-order valence-corrected chi connectivity index (χ2v) is 7.28. The smallest absolute Gasteiger partial charge is 0.311 e. The maximum atomic E-state index is 12.5. The van der Waals surface area contributed by atoms with Crippen molar-refractivity contribution >= 4 is 50.6 Å². The average molecular weight is 435 g/mol. The molecule has 7 nitrogen and oxygen atoms in total. The van der Waals surface area contributed by atoms with E-state index in [1.807, 2.05) is 12.1 Å². The molecule has 0 atom stereocenters. The van der Waals surface area contributed by atoms with E-state index in [0.29, 0.717) is 0 Å². The van der Waals surface area contributed by atoms with Crippen molar-refractivity contribution in [2.24, 2.45) is 0 Å². The summed E-state index contributed by atoms with van der Waals surface area (Å²) in [6.07, 6.45) is 1.29. The topological polar surface area (TPSA) is 101 Å². The van der Waals surface area contributed by atoms with Gasteiger partial charge in [-0.15, -0.1) is 0 Å². The summed E-state index contributed by atoms with van der Waals surface area (Å²) < 4.78 is 0.886. The van der Waals surface area contributed by atoms with Crippen LogP contribution in [0.4, 0.5) is 10.5 Å². The summed E-state index contributed by atoms with van der Waals surface area (Å²) in [5.74, 6) is -1.05. The molecule has 0 unspecified atom stereocenters. The van der Waals surface area contributed by atoms with Gasteiger partial charge in [-0.05, 0) is 35.5 Å². The maximum absolute atomic E-state index is 12.5. The lowest BCUT2D eigenvalue weighted by Crippen LogP contribution is -2.27. The monoisotopic (exact) mass is 434 g/mol. The van der Waals surface area contributed by atoms with E-state index in [2.05, 4.69) is 15.9 Å². The highest BCUT2D eigenvalue weighted by molar-refractivity contribution is 9.10. The molecule has 0 aromatic heterocycles. The number of nitro groups is 1. The molecular weight excluding hydrogens is 424 g/mol. The lowest BCUT2D eigenvalue weighted by Gasteiger charge is -2.12. The normalized spacial score (nSPS) is 15.7. The van der Waals surface area contributed by atoms with Gasteiger partial charge < -0.3 is 5.11 Å². The van der Waals surface area contributed by atoms with Crippen molar-refractivity contribution in [2.75, 3.05) is 0 Å². The molecule has 1 heterocycles. The fraction of sp³-hybridized carbons (Fsp3) is 0.0588. The van der Waals surface area contributed by atoms with Gasteiger partial charge in [-0.25, -0.2) is 0 Å². The van der Waals surface area contributed by atoms with Gasteiger partial charge in [0.2, 0.25) is 5.75 Å². The number of phenolic OH excluding ortho intramolecular Hbond substituents is 1. The molecule has 1 aliphatic heterocycles. The fourth-order valence-electron chi connectivity index (χ4n) is 2.36. The van der Waals surface area contributed by atoms with E-state index >= 15 is 0 Å². The number of aromatic hydroxyl groups is 1. The first kappa shape index (κ1) is 18.2. The number of hydrogen-bond acceptors (Lipinski definition) is 6. The van der Waals surface area contributed by atoms with Gasteiger partial charge in [-0.1, -0.05) is 40.2 Å². The highest BCUT2D eigenvalue weighted by Gasteiger charge is 2.35. The van der Waals surface area contributed by atoms with E-state index in [-0.39, 0.29) is 17.0 Å². The number of imide groups is 1. The molecule has 0 aliphatic carbocycles. The molecule has 26 heavy (non-hydrogen) atoms. The number of benzene rings is 2. The van der Waals surface area contributed by atoms with Crippen LogP contribution in [0.2, 0.25) is 0 Å². The van der Waals surface area contributed by atoms with Gasteiger partial charge in [0.05, 0.1) is 16.4 Å². The number of carbonyl (C=O) groups excluding carboxylic acids is 2. The molecule has 0 saturated carbocycles. The minimum Gasteiger partial charge on any atom is -0.502 e. The Labute approximate surface area is 160 Å². The Morgan fingerprint density at radius 2 is 1.88 bits per heavy atom. The molecule has 2 aromatic carbocycles. The van der Waals surface area contributed by atoms with Crippen LogP contribution in [0.3, 0.4) is 0 Å². The zero-order valence-corrected chi connectivity index (χ0v) is 15.5. The van der Waals surface area contributed by atoms with Crippen molar-refractivity contribution in [3.63, 3.8) is 0 Å². The zero-order chi connectivity index (χ0) is 18.8. The molecule has 3 rings (SSSR count). The van der Waals surface area contributed by atoms with Crippen molar-refractivity contribution in [3.8, 4) is 5.75 Å². The minimum absolute atomic E-state index is 0.0999. The van der Waals surface area contributed by atoms with Crippen molar-refractivity contribution in [1.29, 1.82) is 0 Å². The van der Waals surface area contributed by atoms with Crippen LogP contribution in [-0.4, -0.2) is 26.1 Å². The van der Waals surface area contributed by atoms with Crippen molar-refractivity contribution in [2.45, 2.75) is 6.54 Å². The van der Waals surface area contributed by atoms with E-state index in [9.17, 15) is 24.8 Å².